The SMILES string of the molecule is CCCCC/C=C/C=C/O[Si](C)(C)CC. The lowest BCUT2D eigenvalue weighted by atomic mass is 10.2. The van der Waals surface area contributed by atoms with Crippen LogP contribution in [0.5, 0.6) is 0 Å². The summed E-state index contributed by atoms with van der Waals surface area (Å²) >= 11 is 0. The van der Waals surface area contributed by atoms with Gasteiger partial charge in [0.1, 0.15) is 0 Å². The third-order valence-corrected chi connectivity index (χ3v) is 5.02. The highest BCUT2D eigenvalue weighted by atomic mass is 28.4. The Balaban J connectivity index is 3.53. The van der Waals surface area contributed by atoms with Crippen LogP contribution in [0.3, 0.4) is 0 Å². The van der Waals surface area contributed by atoms with Gasteiger partial charge in [0, 0.05) is 0 Å². The first-order valence-corrected chi connectivity index (χ1v) is 9.23. The molecule has 0 aliphatic rings. The van der Waals surface area contributed by atoms with Crippen molar-refractivity contribution in [2.45, 2.75) is 58.7 Å². The largest absolute Gasteiger partial charge is 0.549 e. The molecule has 15 heavy (non-hydrogen) atoms. The van der Waals surface area contributed by atoms with Crippen LogP contribution in [0.1, 0.15) is 39.5 Å². The Kier molecular flexibility index (Phi) is 8.48. The second-order valence-corrected chi connectivity index (χ2v) is 8.95. The van der Waals surface area contributed by atoms with Crippen LogP contribution in [0, 0.1) is 0 Å². The number of hydrogen-bond acceptors (Lipinski definition) is 1. The molecule has 0 heterocycles. The molecule has 0 aliphatic carbocycles. The van der Waals surface area contributed by atoms with E-state index in [4.69, 9.17) is 4.43 Å². The molecule has 0 unspecified atom stereocenters. The van der Waals surface area contributed by atoms with Crippen LogP contribution in [0.4, 0.5) is 0 Å². The smallest absolute Gasteiger partial charge is 0.244 e. The summed E-state index contributed by atoms with van der Waals surface area (Å²) < 4.78 is 5.71. The van der Waals surface area contributed by atoms with Crippen molar-refractivity contribution in [3.8, 4) is 0 Å². The standard InChI is InChI=1S/C13H26OSi/c1-5-7-8-9-10-11-12-13-14-15(3,4)6-2/h10-13H,5-9H2,1-4H3/b11-10+,13-12+. The zero-order chi connectivity index (χ0) is 11.6. The van der Waals surface area contributed by atoms with Gasteiger partial charge in [0.25, 0.3) is 0 Å². The molecule has 0 fully saturated rings. The third-order valence-electron chi connectivity index (χ3n) is 2.54. The molecular weight excluding hydrogens is 200 g/mol. The highest BCUT2D eigenvalue weighted by Crippen LogP contribution is 2.09. The second-order valence-electron chi connectivity index (χ2n) is 4.48. The van der Waals surface area contributed by atoms with E-state index in [0.29, 0.717) is 0 Å². The van der Waals surface area contributed by atoms with Gasteiger partial charge >= 0.3 is 0 Å². The third kappa shape index (κ3) is 9.79. The van der Waals surface area contributed by atoms with Gasteiger partial charge in [0.05, 0.1) is 6.26 Å². The normalized spacial score (nSPS) is 12.8. The molecule has 0 aromatic heterocycles. The molecule has 0 N–H and O–H groups in total. The zero-order valence-electron chi connectivity index (χ0n) is 10.8. The van der Waals surface area contributed by atoms with Gasteiger partial charge in [-0.05, 0) is 38.1 Å². The van der Waals surface area contributed by atoms with Gasteiger partial charge in [-0.15, -0.1) is 0 Å². The molecule has 0 saturated heterocycles. The molecule has 0 aromatic rings. The van der Waals surface area contributed by atoms with Gasteiger partial charge in [-0.1, -0.05) is 38.8 Å². The number of rotatable bonds is 8. The Bertz CT molecular complexity index is 195. The number of unbranched alkanes of at least 4 members (excludes halogenated alkanes) is 3. The Hall–Kier alpha value is -0.503. The van der Waals surface area contributed by atoms with E-state index in [9.17, 15) is 0 Å². The van der Waals surface area contributed by atoms with Crippen molar-refractivity contribution in [1.82, 2.24) is 0 Å². The lowest BCUT2D eigenvalue weighted by molar-refractivity contribution is 0.472. The van der Waals surface area contributed by atoms with Gasteiger partial charge in [-0.2, -0.15) is 0 Å². The molecule has 0 rings (SSSR count). The summed E-state index contributed by atoms with van der Waals surface area (Å²) in [6.07, 6.45) is 13.3. The van der Waals surface area contributed by atoms with E-state index in [0.717, 1.165) is 6.04 Å². The first-order valence-electron chi connectivity index (χ1n) is 6.12. The fraction of sp³-hybridized carbons (Fsp3) is 0.692. The van der Waals surface area contributed by atoms with Crippen LogP contribution in [-0.4, -0.2) is 8.32 Å². The maximum absolute atomic E-state index is 5.71. The Morgan fingerprint density at radius 3 is 2.40 bits per heavy atom. The summed E-state index contributed by atoms with van der Waals surface area (Å²) in [6, 6.07) is 1.16. The molecule has 0 amide bonds. The average Bonchev–Trinajstić information content (AvgIpc) is 2.22. The van der Waals surface area contributed by atoms with Crippen LogP contribution < -0.4 is 0 Å². The zero-order valence-corrected chi connectivity index (χ0v) is 11.8. The molecule has 88 valence electrons. The van der Waals surface area contributed by atoms with Gasteiger partial charge in [-0.3, -0.25) is 0 Å². The molecule has 0 spiro atoms. The highest BCUT2D eigenvalue weighted by molar-refractivity contribution is 6.71. The maximum Gasteiger partial charge on any atom is 0.244 e. The molecule has 0 atom stereocenters. The molecule has 0 aromatic carbocycles. The van der Waals surface area contributed by atoms with E-state index < -0.39 is 8.32 Å². The van der Waals surface area contributed by atoms with Gasteiger partial charge in [0.15, 0.2) is 0 Å². The van der Waals surface area contributed by atoms with Gasteiger partial charge in [0.2, 0.25) is 8.32 Å². The molecular formula is C13H26OSi. The van der Waals surface area contributed by atoms with Crippen LogP contribution in [0.2, 0.25) is 19.1 Å². The van der Waals surface area contributed by atoms with E-state index in [1.165, 1.54) is 25.7 Å². The van der Waals surface area contributed by atoms with Crippen molar-refractivity contribution in [3.63, 3.8) is 0 Å². The molecule has 0 bridgehead atoms. The fourth-order valence-corrected chi connectivity index (χ4v) is 1.65. The summed E-state index contributed by atoms with van der Waals surface area (Å²) in [5, 5.41) is 0. The summed E-state index contributed by atoms with van der Waals surface area (Å²) in [4.78, 5) is 0. The van der Waals surface area contributed by atoms with Crippen molar-refractivity contribution < 1.29 is 4.43 Å². The predicted octanol–water partition coefficient (Wildman–Crippen LogP) is 4.88. The van der Waals surface area contributed by atoms with Crippen molar-refractivity contribution in [2.24, 2.45) is 0 Å². The second kappa shape index (κ2) is 8.78. The van der Waals surface area contributed by atoms with Gasteiger partial charge < -0.3 is 4.43 Å². The van der Waals surface area contributed by atoms with E-state index >= 15 is 0 Å². The minimum absolute atomic E-state index is 1.16. The Labute approximate surface area is 96.4 Å². The average molecular weight is 226 g/mol. The molecule has 0 radical (unpaired) electrons. The quantitative estimate of drug-likeness (QED) is 0.248. The van der Waals surface area contributed by atoms with Crippen LogP contribution in [-0.2, 0) is 4.43 Å². The molecule has 0 aliphatic heterocycles. The highest BCUT2D eigenvalue weighted by Gasteiger charge is 2.18. The van der Waals surface area contributed by atoms with Crippen molar-refractivity contribution >= 4 is 8.32 Å². The summed E-state index contributed by atoms with van der Waals surface area (Å²) in [5.41, 5.74) is 0. The molecule has 2 heteroatoms. The van der Waals surface area contributed by atoms with Gasteiger partial charge in [-0.25, -0.2) is 0 Å². The van der Waals surface area contributed by atoms with Crippen molar-refractivity contribution in [2.75, 3.05) is 0 Å². The number of allylic oxidation sites excluding steroid dienone is 3. The van der Waals surface area contributed by atoms with E-state index in [-0.39, 0.29) is 0 Å². The van der Waals surface area contributed by atoms with Crippen molar-refractivity contribution in [3.05, 3.63) is 24.5 Å². The minimum atomic E-state index is -1.38. The first kappa shape index (κ1) is 14.5. The Morgan fingerprint density at radius 2 is 1.80 bits per heavy atom. The first-order chi connectivity index (χ1) is 7.12. The Morgan fingerprint density at radius 1 is 1.07 bits per heavy atom. The van der Waals surface area contributed by atoms with Crippen LogP contribution >= 0.6 is 0 Å². The van der Waals surface area contributed by atoms with Crippen LogP contribution in [0.25, 0.3) is 0 Å². The van der Waals surface area contributed by atoms with Crippen molar-refractivity contribution in [1.29, 1.82) is 0 Å². The van der Waals surface area contributed by atoms with E-state index in [1.807, 2.05) is 12.3 Å². The molecule has 0 saturated carbocycles. The predicted molar refractivity (Wildman–Crippen MR) is 71.5 cm³/mol. The van der Waals surface area contributed by atoms with Crippen LogP contribution in [0.15, 0.2) is 24.5 Å². The summed E-state index contributed by atoms with van der Waals surface area (Å²) in [5.74, 6) is 0. The fourth-order valence-electron chi connectivity index (χ4n) is 1.04. The summed E-state index contributed by atoms with van der Waals surface area (Å²) in [6.45, 7) is 8.90. The topological polar surface area (TPSA) is 9.23 Å². The monoisotopic (exact) mass is 226 g/mol. The number of hydrogen-bond donors (Lipinski definition) is 0. The summed E-state index contributed by atoms with van der Waals surface area (Å²) in [7, 11) is -1.38. The van der Waals surface area contributed by atoms with E-state index in [2.05, 4.69) is 39.1 Å². The lowest BCUT2D eigenvalue weighted by Crippen LogP contribution is -2.26. The molecule has 1 nitrogen and oxygen atoms in total. The van der Waals surface area contributed by atoms with E-state index in [1.54, 1.807) is 0 Å². The lowest BCUT2D eigenvalue weighted by Gasteiger charge is -2.18. The minimum Gasteiger partial charge on any atom is -0.549 e. The maximum atomic E-state index is 5.71.